The molecule has 142 valence electrons. The first-order chi connectivity index (χ1) is 13.3. The quantitative estimate of drug-likeness (QED) is 0.699. The van der Waals surface area contributed by atoms with E-state index in [2.05, 4.69) is 11.9 Å². The summed E-state index contributed by atoms with van der Waals surface area (Å²) in [5, 5.41) is 2.59. The highest BCUT2D eigenvalue weighted by molar-refractivity contribution is 6.09. The van der Waals surface area contributed by atoms with Gasteiger partial charge in [0.25, 0.3) is 5.91 Å². The van der Waals surface area contributed by atoms with Crippen LogP contribution in [0.25, 0.3) is 5.70 Å². The number of nitrogens with two attached hydrogens (primary N) is 2. The average Bonchev–Trinajstić information content (AvgIpc) is 2.90. The van der Waals surface area contributed by atoms with Crippen molar-refractivity contribution in [3.8, 4) is 0 Å². The molecule has 0 bridgehead atoms. The maximum atomic E-state index is 12.4. The first-order valence-electron chi connectivity index (χ1n) is 8.42. The summed E-state index contributed by atoms with van der Waals surface area (Å²) in [6.07, 6.45) is -0.00848. The number of amides is 4. The number of rotatable bonds is 6. The average molecular weight is 378 g/mol. The van der Waals surface area contributed by atoms with Crippen molar-refractivity contribution in [1.82, 2.24) is 4.90 Å². The molecule has 2 aromatic rings. The molecule has 5 N–H and O–H groups in total. The van der Waals surface area contributed by atoms with Crippen LogP contribution in [0.4, 0.5) is 5.69 Å². The Balaban J connectivity index is 1.69. The lowest BCUT2D eigenvalue weighted by Gasteiger charge is -2.17. The molecule has 8 heteroatoms. The standard InChI is InChI=1S/C20H18N4O4/c1-11-15-4-2-3-5-16(15)20(28)24(11)7-6-17(25)23-14-9-12(18(21)26)8-13(10-14)19(22)27/h2-5,8-10H,1,6-7H2,(H2,21,26)(H2,22,27)(H,23,25). The van der Waals surface area contributed by atoms with Gasteiger partial charge in [-0.05, 0) is 24.3 Å². The van der Waals surface area contributed by atoms with Gasteiger partial charge < -0.3 is 21.7 Å². The van der Waals surface area contributed by atoms with E-state index in [4.69, 9.17) is 11.5 Å². The molecule has 0 aromatic heterocycles. The summed E-state index contributed by atoms with van der Waals surface area (Å²) in [5.41, 5.74) is 12.6. The van der Waals surface area contributed by atoms with Gasteiger partial charge in [-0.1, -0.05) is 24.8 Å². The van der Waals surface area contributed by atoms with Gasteiger partial charge in [0.05, 0.1) is 0 Å². The van der Waals surface area contributed by atoms with E-state index in [-0.39, 0.29) is 35.7 Å². The zero-order valence-corrected chi connectivity index (χ0v) is 14.9. The molecule has 28 heavy (non-hydrogen) atoms. The number of nitrogens with zero attached hydrogens (tertiary/aromatic N) is 1. The summed E-state index contributed by atoms with van der Waals surface area (Å²) < 4.78 is 0. The highest BCUT2D eigenvalue weighted by atomic mass is 16.2. The van der Waals surface area contributed by atoms with Crippen molar-refractivity contribution in [2.45, 2.75) is 6.42 Å². The maximum Gasteiger partial charge on any atom is 0.258 e. The second kappa shape index (κ2) is 7.36. The summed E-state index contributed by atoms with van der Waals surface area (Å²) in [7, 11) is 0. The molecule has 0 unspecified atom stereocenters. The molecule has 4 amide bonds. The number of benzene rings is 2. The molecule has 0 saturated carbocycles. The van der Waals surface area contributed by atoms with Crippen LogP contribution in [-0.2, 0) is 4.79 Å². The van der Waals surface area contributed by atoms with Gasteiger partial charge in [0.1, 0.15) is 0 Å². The molecule has 8 nitrogen and oxygen atoms in total. The monoisotopic (exact) mass is 378 g/mol. The van der Waals surface area contributed by atoms with E-state index in [9.17, 15) is 19.2 Å². The largest absolute Gasteiger partial charge is 0.366 e. The van der Waals surface area contributed by atoms with E-state index in [1.54, 1.807) is 18.2 Å². The fourth-order valence-electron chi connectivity index (χ4n) is 2.99. The Morgan fingerprint density at radius 1 is 0.964 bits per heavy atom. The van der Waals surface area contributed by atoms with Crippen molar-refractivity contribution in [3.05, 3.63) is 71.3 Å². The number of nitrogens with one attached hydrogen (secondary N) is 1. The molecule has 0 saturated heterocycles. The fraction of sp³-hybridized carbons (Fsp3) is 0.100. The van der Waals surface area contributed by atoms with Crippen LogP contribution in [0.15, 0.2) is 49.0 Å². The Kier molecular flexibility index (Phi) is 4.95. The summed E-state index contributed by atoms with van der Waals surface area (Å²) in [6.45, 7) is 4.06. The molecule has 0 spiro atoms. The molecular formula is C20H18N4O4. The second-order valence-electron chi connectivity index (χ2n) is 6.27. The fourth-order valence-corrected chi connectivity index (χ4v) is 2.99. The predicted octanol–water partition coefficient (Wildman–Crippen LogP) is 1.34. The Morgan fingerprint density at radius 2 is 1.54 bits per heavy atom. The van der Waals surface area contributed by atoms with Crippen LogP contribution in [0, 0.1) is 0 Å². The first-order valence-corrected chi connectivity index (χ1v) is 8.42. The van der Waals surface area contributed by atoms with Crippen LogP contribution in [0.2, 0.25) is 0 Å². The SMILES string of the molecule is C=C1c2ccccc2C(=O)N1CCC(=O)Nc1cc(C(N)=O)cc(C(N)=O)c1. The number of hydrogen-bond acceptors (Lipinski definition) is 4. The van der Waals surface area contributed by atoms with Gasteiger partial charge in [-0.25, -0.2) is 0 Å². The summed E-state index contributed by atoms with van der Waals surface area (Å²) in [6, 6.07) is 11.0. The molecule has 1 aliphatic heterocycles. The van der Waals surface area contributed by atoms with Gasteiger partial charge in [-0.2, -0.15) is 0 Å². The van der Waals surface area contributed by atoms with Crippen molar-refractivity contribution >= 4 is 35.0 Å². The van der Waals surface area contributed by atoms with E-state index in [0.717, 1.165) is 5.56 Å². The zero-order chi connectivity index (χ0) is 20.4. The molecule has 0 fully saturated rings. The van der Waals surface area contributed by atoms with E-state index in [1.165, 1.54) is 23.1 Å². The Hall–Kier alpha value is -3.94. The van der Waals surface area contributed by atoms with Crippen molar-refractivity contribution in [1.29, 1.82) is 0 Å². The molecule has 0 radical (unpaired) electrons. The lowest BCUT2D eigenvalue weighted by atomic mass is 10.1. The molecular weight excluding hydrogens is 360 g/mol. The highest BCUT2D eigenvalue weighted by Crippen LogP contribution is 2.31. The minimum atomic E-state index is -0.754. The minimum Gasteiger partial charge on any atom is -0.366 e. The highest BCUT2D eigenvalue weighted by Gasteiger charge is 2.30. The Bertz CT molecular complexity index is 961. The van der Waals surface area contributed by atoms with Crippen molar-refractivity contribution in [3.63, 3.8) is 0 Å². The van der Waals surface area contributed by atoms with Crippen LogP contribution in [-0.4, -0.2) is 35.1 Å². The Labute approximate surface area is 160 Å². The van der Waals surface area contributed by atoms with Gasteiger partial charge in [0, 0.05) is 46.6 Å². The topological polar surface area (TPSA) is 136 Å². The van der Waals surface area contributed by atoms with E-state index in [0.29, 0.717) is 11.3 Å². The van der Waals surface area contributed by atoms with Crippen LogP contribution < -0.4 is 16.8 Å². The molecule has 2 aromatic carbocycles. The van der Waals surface area contributed by atoms with E-state index >= 15 is 0 Å². The lowest BCUT2D eigenvalue weighted by molar-refractivity contribution is -0.116. The molecule has 1 heterocycles. The second-order valence-corrected chi connectivity index (χ2v) is 6.27. The van der Waals surface area contributed by atoms with Crippen LogP contribution in [0.5, 0.6) is 0 Å². The minimum absolute atomic E-state index is 0.00848. The predicted molar refractivity (Wildman–Crippen MR) is 103 cm³/mol. The first kappa shape index (κ1) is 18.8. The van der Waals surface area contributed by atoms with Gasteiger partial charge in [-0.15, -0.1) is 0 Å². The van der Waals surface area contributed by atoms with E-state index < -0.39 is 17.7 Å². The number of carbonyl (C=O) groups is 4. The number of anilines is 1. The lowest BCUT2D eigenvalue weighted by Crippen LogP contribution is -2.27. The molecule has 3 rings (SSSR count). The van der Waals surface area contributed by atoms with Crippen LogP contribution in [0.1, 0.15) is 43.1 Å². The van der Waals surface area contributed by atoms with Crippen LogP contribution in [0.3, 0.4) is 0 Å². The maximum absolute atomic E-state index is 12.4. The van der Waals surface area contributed by atoms with Gasteiger partial charge in [0.2, 0.25) is 17.7 Å². The van der Waals surface area contributed by atoms with Crippen molar-refractivity contribution in [2.75, 3.05) is 11.9 Å². The van der Waals surface area contributed by atoms with Gasteiger partial charge in [0.15, 0.2) is 0 Å². The number of hydrogen-bond donors (Lipinski definition) is 3. The van der Waals surface area contributed by atoms with E-state index in [1.807, 2.05) is 6.07 Å². The normalized spacial score (nSPS) is 12.6. The third-order valence-electron chi connectivity index (χ3n) is 4.39. The third kappa shape index (κ3) is 3.61. The molecule has 0 aliphatic carbocycles. The number of fused-ring (bicyclic) bond motifs is 1. The zero-order valence-electron chi connectivity index (χ0n) is 14.9. The van der Waals surface area contributed by atoms with Gasteiger partial charge >= 0.3 is 0 Å². The number of carbonyl (C=O) groups excluding carboxylic acids is 4. The van der Waals surface area contributed by atoms with Gasteiger partial charge in [-0.3, -0.25) is 19.2 Å². The summed E-state index contributed by atoms with van der Waals surface area (Å²) in [4.78, 5) is 49.0. The summed E-state index contributed by atoms with van der Waals surface area (Å²) in [5.74, 6) is -2.13. The van der Waals surface area contributed by atoms with Crippen molar-refractivity contribution < 1.29 is 19.2 Å². The number of primary amides is 2. The summed E-state index contributed by atoms with van der Waals surface area (Å²) >= 11 is 0. The molecule has 1 aliphatic rings. The third-order valence-corrected chi connectivity index (χ3v) is 4.39. The Morgan fingerprint density at radius 3 is 2.07 bits per heavy atom. The molecule has 0 atom stereocenters. The smallest absolute Gasteiger partial charge is 0.258 e. The van der Waals surface area contributed by atoms with Crippen LogP contribution >= 0.6 is 0 Å². The van der Waals surface area contributed by atoms with Crippen molar-refractivity contribution in [2.24, 2.45) is 11.5 Å².